The van der Waals surface area contributed by atoms with Crippen LogP contribution in [-0.2, 0) is 7.05 Å². The Balaban J connectivity index is 2.03. The molecule has 1 aromatic heterocycles. The Bertz CT molecular complexity index is 1200. The van der Waals surface area contributed by atoms with Crippen molar-refractivity contribution in [1.82, 2.24) is 0 Å². The minimum atomic E-state index is 0.939. The highest BCUT2D eigenvalue weighted by atomic mass is 16.5. The first kappa shape index (κ1) is 14.5. The second-order valence-corrected chi connectivity index (χ2v) is 7.13. The predicted octanol–water partition coefficient (Wildman–Crippen LogP) is 5.52. The Labute approximate surface area is 147 Å². The van der Waals surface area contributed by atoms with Crippen LogP contribution in [0.15, 0.2) is 48.5 Å². The lowest BCUT2D eigenvalue weighted by Gasteiger charge is -2.22. The number of hydrogen-bond acceptors (Lipinski definition) is 1. The summed E-state index contributed by atoms with van der Waals surface area (Å²) in [6.07, 6.45) is 0. The van der Waals surface area contributed by atoms with Crippen molar-refractivity contribution in [2.75, 3.05) is 0 Å². The van der Waals surface area contributed by atoms with Crippen LogP contribution in [0, 0.1) is 20.8 Å². The maximum atomic E-state index is 6.39. The number of aromatic nitrogens is 1. The Morgan fingerprint density at radius 3 is 2.48 bits per heavy atom. The molecule has 0 unspecified atom stereocenters. The van der Waals surface area contributed by atoms with Crippen LogP contribution in [0.4, 0.5) is 0 Å². The lowest BCUT2D eigenvalue weighted by molar-refractivity contribution is -0.633. The van der Waals surface area contributed by atoms with Crippen LogP contribution < -0.4 is 9.30 Å². The first-order valence-electron chi connectivity index (χ1n) is 8.69. The summed E-state index contributed by atoms with van der Waals surface area (Å²) in [4.78, 5) is 0. The molecule has 0 N–H and O–H groups in total. The Hall–Kier alpha value is -2.87. The highest BCUT2D eigenvalue weighted by molar-refractivity contribution is 6.05. The van der Waals surface area contributed by atoms with Crippen molar-refractivity contribution in [1.29, 1.82) is 0 Å². The first-order chi connectivity index (χ1) is 12.0. The molecule has 0 aliphatic carbocycles. The van der Waals surface area contributed by atoms with E-state index in [0.29, 0.717) is 0 Å². The van der Waals surface area contributed by atoms with Gasteiger partial charge in [0.1, 0.15) is 12.8 Å². The quantitative estimate of drug-likeness (QED) is 0.342. The normalized spacial score (nSPS) is 12.3. The zero-order chi connectivity index (χ0) is 17.3. The number of rotatable bonds is 0. The van der Waals surface area contributed by atoms with Crippen LogP contribution >= 0.6 is 0 Å². The number of benzene rings is 3. The molecule has 2 heterocycles. The van der Waals surface area contributed by atoms with E-state index in [9.17, 15) is 0 Å². The fraction of sp³-hybridized carbons (Fsp3) is 0.174. The number of ether oxygens (including phenoxy) is 1. The Morgan fingerprint density at radius 1 is 0.840 bits per heavy atom. The smallest absolute Gasteiger partial charge is 0.256 e. The van der Waals surface area contributed by atoms with Crippen molar-refractivity contribution in [3.63, 3.8) is 0 Å². The molecule has 5 rings (SSSR count). The van der Waals surface area contributed by atoms with Crippen molar-refractivity contribution < 1.29 is 9.30 Å². The third-order valence-corrected chi connectivity index (χ3v) is 5.48. The molecule has 4 aromatic rings. The molecular formula is C23H20NO+. The van der Waals surface area contributed by atoms with Crippen LogP contribution in [0.25, 0.3) is 32.9 Å². The van der Waals surface area contributed by atoms with E-state index < -0.39 is 0 Å². The molecule has 2 heteroatoms. The summed E-state index contributed by atoms with van der Waals surface area (Å²) in [6.45, 7) is 6.55. The highest BCUT2D eigenvalue weighted by Crippen LogP contribution is 2.48. The van der Waals surface area contributed by atoms with Gasteiger partial charge in [0.15, 0.2) is 5.75 Å². The van der Waals surface area contributed by atoms with Gasteiger partial charge >= 0.3 is 0 Å². The summed E-state index contributed by atoms with van der Waals surface area (Å²) < 4.78 is 8.67. The van der Waals surface area contributed by atoms with Gasteiger partial charge in [0.05, 0.1) is 10.9 Å². The number of nitrogens with zero attached hydrogens (tertiary/aromatic N) is 1. The zero-order valence-electron chi connectivity index (χ0n) is 15.0. The van der Waals surface area contributed by atoms with Gasteiger partial charge in [-0.05, 0) is 55.0 Å². The van der Waals surface area contributed by atoms with E-state index in [0.717, 1.165) is 11.5 Å². The summed E-state index contributed by atoms with van der Waals surface area (Å²) in [5.41, 5.74) is 7.56. The van der Waals surface area contributed by atoms with E-state index in [4.69, 9.17) is 4.74 Å². The van der Waals surface area contributed by atoms with Crippen molar-refractivity contribution >= 4 is 21.7 Å². The molecule has 0 saturated heterocycles. The predicted molar refractivity (Wildman–Crippen MR) is 102 cm³/mol. The minimum absolute atomic E-state index is 0.939. The van der Waals surface area contributed by atoms with Crippen LogP contribution in [-0.4, -0.2) is 0 Å². The van der Waals surface area contributed by atoms with Crippen LogP contribution in [0.3, 0.4) is 0 Å². The number of hydrogen-bond donors (Lipinski definition) is 0. The lowest BCUT2D eigenvalue weighted by atomic mass is 9.89. The van der Waals surface area contributed by atoms with Gasteiger partial charge in [0, 0.05) is 17.5 Å². The van der Waals surface area contributed by atoms with Gasteiger partial charge < -0.3 is 4.74 Å². The summed E-state index contributed by atoms with van der Waals surface area (Å²) in [7, 11) is 2.14. The first-order valence-corrected chi connectivity index (χ1v) is 8.69. The van der Waals surface area contributed by atoms with E-state index in [1.54, 1.807) is 0 Å². The van der Waals surface area contributed by atoms with E-state index in [-0.39, 0.29) is 0 Å². The molecule has 0 spiro atoms. The molecule has 0 fully saturated rings. The molecule has 0 radical (unpaired) electrons. The van der Waals surface area contributed by atoms with Crippen molar-refractivity contribution in [2.24, 2.45) is 7.05 Å². The van der Waals surface area contributed by atoms with Crippen LogP contribution in [0.5, 0.6) is 11.5 Å². The number of pyridine rings is 1. The molecule has 1 aliphatic rings. The molecule has 25 heavy (non-hydrogen) atoms. The highest BCUT2D eigenvalue weighted by Gasteiger charge is 2.31. The zero-order valence-corrected chi connectivity index (χ0v) is 15.0. The molecule has 0 amide bonds. The van der Waals surface area contributed by atoms with E-state index in [1.165, 1.54) is 49.6 Å². The van der Waals surface area contributed by atoms with E-state index in [1.807, 2.05) is 0 Å². The minimum Gasteiger partial charge on any atom is -0.450 e. The molecule has 122 valence electrons. The van der Waals surface area contributed by atoms with Gasteiger partial charge in [-0.1, -0.05) is 24.3 Å². The van der Waals surface area contributed by atoms with Crippen molar-refractivity contribution in [2.45, 2.75) is 20.8 Å². The largest absolute Gasteiger partial charge is 0.450 e. The maximum Gasteiger partial charge on any atom is 0.256 e. The van der Waals surface area contributed by atoms with E-state index in [2.05, 4.69) is 80.9 Å². The lowest BCUT2D eigenvalue weighted by Crippen LogP contribution is -2.33. The van der Waals surface area contributed by atoms with Gasteiger partial charge in [0.25, 0.3) is 5.69 Å². The standard InChI is InChI=1S/C23H20NO/c1-13-9-17-11-14(2)15(3)21-22(17)19(10-13)25-20-12-16-7-5-6-8-18(16)24(4)23(20)21/h5-12H,1-4H3/q+1. The molecule has 0 atom stereocenters. The Morgan fingerprint density at radius 2 is 1.64 bits per heavy atom. The summed E-state index contributed by atoms with van der Waals surface area (Å²) in [5.74, 6) is 1.91. The molecule has 1 aliphatic heterocycles. The monoisotopic (exact) mass is 326 g/mol. The number of fused-ring (bicyclic) bond motifs is 3. The van der Waals surface area contributed by atoms with Gasteiger partial charge in [-0.2, -0.15) is 4.57 Å². The summed E-state index contributed by atoms with van der Waals surface area (Å²) >= 11 is 0. The van der Waals surface area contributed by atoms with Gasteiger partial charge in [-0.25, -0.2) is 0 Å². The second kappa shape index (κ2) is 4.82. The Kier molecular flexibility index (Phi) is 2.79. The number of aryl methyl sites for hydroxylation is 3. The SMILES string of the molecule is Cc1cc2c3c(c(C)c(C)cc3c1)-c1c(cc3ccccc3[n+]1C)O2. The average molecular weight is 326 g/mol. The summed E-state index contributed by atoms with van der Waals surface area (Å²) in [5, 5.41) is 3.68. The van der Waals surface area contributed by atoms with Crippen molar-refractivity contribution in [3.8, 4) is 22.8 Å². The average Bonchev–Trinajstić information content (AvgIpc) is 2.58. The topological polar surface area (TPSA) is 13.1 Å². The third-order valence-electron chi connectivity index (χ3n) is 5.48. The molecule has 0 saturated carbocycles. The maximum absolute atomic E-state index is 6.39. The molecule has 2 nitrogen and oxygen atoms in total. The fourth-order valence-electron chi connectivity index (χ4n) is 4.16. The second-order valence-electron chi connectivity index (χ2n) is 7.13. The van der Waals surface area contributed by atoms with Gasteiger partial charge in [-0.15, -0.1) is 0 Å². The summed E-state index contributed by atoms with van der Waals surface area (Å²) in [6, 6.07) is 17.3. The van der Waals surface area contributed by atoms with Crippen molar-refractivity contribution in [3.05, 3.63) is 65.2 Å². The number of para-hydroxylation sites is 1. The van der Waals surface area contributed by atoms with Gasteiger partial charge in [0.2, 0.25) is 5.52 Å². The third kappa shape index (κ3) is 1.88. The van der Waals surface area contributed by atoms with E-state index >= 15 is 0 Å². The molecular weight excluding hydrogens is 306 g/mol. The molecule has 0 bridgehead atoms. The van der Waals surface area contributed by atoms with Crippen LogP contribution in [0.1, 0.15) is 16.7 Å². The molecule has 3 aromatic carbocycles. The van der Waals surface area contributed by atoms with Gasteiger partial charge in [-0.3, -0.25) is 0 Å². The van der Waals surface area contributed by atoms with Crippen LogP contribution in [0.2, 0.25) is 0 Å². The fourth-order valence-corrected chi connectivity index (χ4v) is 4.16.